The molecule has 1 aliphatic heterocycles. The van der Waals surface area contributed by atoms with Gasteiger partial charge in [0, 0.05) is 25.3 Å². The molecule has 1 aromatic rings. The fraction of sp³-hybridized carbons (Fsp3) is 0.500. The smallest absolute Gasteiger partial charge is 0.125 e. The van der Waals surface area contributed by atoms with Crippen molar-refractivity contribution >= 4 is 5.69 Å². The fourth-order valence-electron chi connectivity index (χ4n) is 2.06. The van der Waals surface area contributed by atoms with E-state index in [4.69, 9.17) is 0 Å². The van der Waals surface area contributed by atoms with E-state index < -0.39 is 0 Å². The zero-order valence-corrected chi connectivity index (χ0v) is 9.04. The van der Waals surface area contributed by atoms with E-state index in [1.807, 2.05) is 13.1 Å². The zero-order valence-electron chi connectivity index (χ0n) is 9.04. The molecule has 1 saturated heterocycles. The minimum absolute atomic E-state index is 0.168. The second kappa shape index (κ2) is 4.62. The van der Waals surface area contributed by atoms with Gasteiger partial charge in [-0.05, 0) is 37.6 Å². The molecular formula is C12H17FN2. The van der Waals surface area contributed by atoms with Gasteiger partial charge in [-0.1, -0.05) is 6.07 Å². The van der Waals surface area contributed by atoms with Gasteiger partial charge in [0.15, 0.2) is 0 Å². The molecule has 3 heteroatoms. The molecule has 0 unspecified atom stereocenters. The lowest BCUT2D eigenvalue weighted by Crippen LogP contribution is -2.35. The zero-order chi connectivity index (χ0) is 10.7. The van der Waals surface area contributed by atoms with Crippen molar-refractivity contribution in [1.82, 2.24) is 5.32 Å². The van der Waals surface area contributed by atoms with Crippen LogP contribution in [0.1, 0.15) is 12.8 Å². The van der Waals surface area contributed by atoms with Gasteiger partial charge in [-0.25, -0.2) is 4.39 Å². The lowest BCUT2D eigenvalue weighted by molar-refractivity contribution is 0.596. The van der Waals surface area contributed by atoms with E-state index in [1.54, 1.807) is 12.1 Å². The summed E-state index contributed by atoms with van der Waals surface area (Å²) in [4.78, 5) is 2.10. The minimum Gasteiger partial charge on any atom is -0.373 e. The molecule has 15 heavy (non-hydrogen) atoms. The van der Waals surface area contributed by atoms with E-state index in [0.29, 0.717) is 6.04 Å². The van der Waals surface area contributed by atoms with Crippen LogP contribution in [0.2, 0.25) is 0 Å². The molecular weight excluding hydrogens is 191 g/mol. The third-order valence-corrected chi connectivity index (χ3v) is 2.91. The van der Waals surface area contributed by atoms with E-state index in [-0.39, 0.29) is 5.82 Å². The Balaban J connectivity index is 1.97. The fourth-order valence-corrected chi connectivity index (χ4v) is 2.06. The first kappa shape index (κ1) is 10.4. The van der Waals surface area contributed by atoms with Crippen molar-refractivity contribution in [1.29, 1.82) is 0 Å². The van der Waals surface area contributed by atoms with Gasteiger partial charge < -0.3 is 10.2 Å². The Labute approximate surface area is 90.1 Å². The van der Waals surface area contributed by atoms with Crippen LogP contribution >= 0.6 is 0 Å². The second-order valence-electron chi connectivity index (χ2n) is 4.15. The maximum absolute atomic E-state index is 13.0. The van der Waals surface area contributed by atoms with Crippen LogP contribution in [0.4, 0.5) is 10.1 Å². The number of hydrogen-bond donors (Lipinski definition) is 1. The molecule has 82 valence electrons. The Hall–Kier alpha value is -1.09. The van der Waals surface area contributed by atoms with E-state index >= 15 is 0 Å². The largest absolute Gasteiger partial charge is 0.373 e. The topological polar surface area (TPSA) is 15.3 Å². The molecule has 0 bridgehead atoms. The van der Waals surface area contributed by atoms with Crippen molar-refractivity contribution in [2.24, 2.45) is 0 Å². The maximum Gasteiger partial charge on any atom is 0.125 e. The van der Waals surface area contributed by atoms with Crippen LogP contribution in [-0.2, 0) is 0 Å². The molecule has 0 spiro atoms. The van der Waals surface area contributed by atoms with Crippen LogP contribution in [0.25, 0.3) is 0 Å². The van der Waals surface area contributed by atoms with Crippen LogP contribution in [-0.4, -0.2) is 26.2 Å². The Bertz CT molecular complexity index is 321. The summed E-state index contributed by atoms with van der Waals surface area (Å²) in [7, 11) is 2.01. The molecule has 0 saturated carbocycles. The predicted molar refractivity (Wildman–Crippen MR) is 60.7 cm³/mol. The quantitative estimate of drug-likeness (QED) is 0.817. The monoisotopic (exact) mass is 208 g/mol. The standard InChI is InChI=1S/C12H17FN2/c1-15(9-11-5-3-7-14-11)12-6-2-4-10(13)8-12/h2,4,6,8,11,14H,3,5,7,9H2,1H3/t11-/m1/s1. The first-order chi connectivity index (χ1) is 7.25. The molecule has 1 atom stereocenters. The Morgan fingerprint density at radius 3 is 3.07 bits per heavy atom. The normalized spacial score (nSPS) is 20.5. The van der Waals surface area contributed by atoms with E-state index in [1.165, 1.54) is 18.9 Å². The second-order valence-corrected chi connectivity index (χ2v) is 4.15. The Morgan fingerprint density at radius 1 is 1.53 bits per heavy atom. The van der Waals surface area contributed by atoms with Gasteiger partial charge in [-0.2, -0.15) is 0 Å². The molecule has 0 aliphatic carbocycles. The summed E-state index contributed by atoms with van der Waals surface area (Å²) in [6.07, 6.45) is 2.47. The average Bonchev–Trinajstić information content (AvgIpc) is 2.70. The molecule has 1 aliphatic rings. The Morgan fingerprint density at radius 2 is 2.40 bits per heavy atom. The lowest BCUT2D eigenvalue weighted by atomic mass is 10.2. The summed E-state index contributed by atoms with van der Waals surface area (Å²) in [5.41, 5.74) is 0.948. The lowest BCUT2D eigenvalue weighted by Gasteiger charge is -2.23. The third kappa shape index (κ3) is 2.69. The molecule has 0 radical (unpaired) electrons. The summed E-state index contributed by atoms with van der Waals surface area (Å²) in [6, 6.07) is 7.31. The first-order valence-electron chi connectivity index (χ1n) is 5.46. The van der Waals surface area contributed by atoms with Crippen molar-refractivity contribution in [3.05, 3.63) is 30.1 Å². The number of nitrogens with one attached hydrogen (secondary N) is 1. The van der Waals surface area contributed by atoms with Gasteiger partial charge in [-0.15, -0.1) is 0 Å². The number of benzene rings is 1. The highest BCUT2D eigenvalue weighted by Gasteiger charge is 2.16. The van der Waals surface area contributed by atoms with Gasteiger partial charge in [0.05, 0.1) is 0 Å². The van der Waals surface area contributed by atoms with E-state index in [0.717, 1.165) is 18.8 Å². The highest BCUT2D eigenvalue weighted by atomic mass is 19.1. The summed E-state index contributed by atoms with van der Waals surface area (Å²) in [5.74, 6) is -0.168. The maximum atomic E-state index is 13.0. The molecule has 0 aromatic heterocycles. The third-order valence-electron chi connectivity index (χ3n) is 2.91. The van der Waals surface area contributed by atoms with Crippen LogP contribution < -0.4 is 10.2 Å². The van der Waals surface area contributed by atoms with Gasteiger partial charge in [0.25, 0.3) is 0 Å². The van der Waals surface area contributed by atoms with Crippen molar-refractivity contribution < 1.29 is 4.39 Å². The van der Waals surface area contributed by atoms with Gasteiger partial charge >= 0.3 is 0 Å². The van der Waals surface area contributed by atoms with Gasteiger partial charge in [0.1, 0.15) is 5.82 Å². The van der Waals surface area contributed by atoms with Gasteiger partial charge in [0.2, 0.25) is 0 Å². The van der Waals surface area contributed by atoms with Crippen LogP contribution in [0.5, 0.6) is 0 Å². The predicted octanol–water partition coefficient (Wildman–Crippen LogP) is 2.01. The SMILES string of the molecule is CN(C[C@H]1CCCN1)c1cccc(F)c1. The number of hydrogen-bond acceptors (Lipinski definition) is 2. The molecule has 2 rings (SSSR count). The molecule has 1 N–H and O–H groups in total. The van der Waals surface area contributed by atoms with Crippen LogP contribution in [0.15, 0.2) is 24.3 Å². The molecule has 2 nitrogen and oxygen atoms in total. The number of nitrogens with zero attached hydrogens (tertiary/aromatic N) is 1. The first-order valence-corrected chi connectivity index (χ1v) is 5.46. The number of likely N-dealkylation sites (N-methyl/N-ethyl adjacent to an activating group) is 1. The molecule has 1 heterocycles. The summed E-state index contributed by atoms with van der Waals surface area (Å²) < 4.78 is 13.0. The number of halogens is 1. The van der Waals surface area contributed by atoms with Crippen molar-refractivity contribution in [3.8, 4) is 0 Å². The van der Waals surface area contributed by atoms with Crippen LogP contribution in [0.3, 0.4) is 0 Å². The number of rotatable bonds is 3. The summed E-state index contributed by atoms with van der Waals surface area (Å²) in [5, 5.41) is 3.44. The van der Waals surface area contributed by atoms with Crippen molar-refractivity contribution in [3.63, 3.8) is 0 Å². The Kier molecular flexibility index (Phi) is 3.21. The summed E-state index contributed by atoms with van der Waals surface area (Å²) in [6.45, 7) is 2.06. The van der Waals surface area contributed by atoms with E-state index in [2.05, 4.69) is 10.2 Å². The van der Waals surface area contributed by atoms with E-state index in [9.17, 15) is 4.39 Å². The summed E-state index contributed by atoms with van der Waals surface area (Å²) >= 11 is 0. The van der Waals surface area contributed by atoms with Crippen molar-refractivity contribution in [2.75, 3.05) is 25.0 Å². The highest BCUT2D eigenvalue weighted by molar-refractivity contribution is 5.45. The average molecular weight is 208 g/mol. The number of anilines is 1. The molecule has 1 fully saturated rings. The molecule has 0 amide bonds. The van der Waals surface area contributed by atoms with Crippen molar-refractivity contribution in [2.45, 2.75) is 18.9 Å². The molecule has 1 aromatic carbocycles. The van der Waals surface area contributed by atoms with Gasteiger partial charge in [-0.3, -0.25) is 0 Å². The minimum atomic E-state index is -0.168. The highest BCUT2D eigenvalue weighted by Crippen LogP contribution is 2.15. The van der Waals surface area contributed by atoms with Crippen LogP contribution in [0, 0.1) is 5.82 Å².